The zero-order chi connectivity index (χ0) is 13.1. The van der Waals surface area contributed by atoms with E-state index in [2.05, 4.69) is 44.7 Å². The molecule has 2 aromatic carbocycles. The molecule has 1 atom stereocenters. The van der Waals surface area contributed by atoms with Gasteiger partial charge in [0.15, 0.2) is 0 Å². The summed E-state index contributed by atoms with van der Waals surface area (Å²) in [7, 11) is 0. The summed E-state index contributed by atoms with van der Waals surface area (Å²) >= 11 is 0. The van der Waals surface area contributed by atoms with E-state index < -0.39 is 0 Å². The summed E-state index contributed by atoms with van der Waals surface area (Å²) in [6.07, 6.45) is 0. The first kappa shape index (κ1) is 12.6. The molecule has 2 aromatic rings. The fourth-order valence-electron chi connectivity index (χ4n) is 1.97. The van der Waals surface area contributed by atoms with Gasteiger partial charge in [-0.3, -0.25) is 0 Å². The highest BCUT2D eigenvalue weighted by atomic mass is 19.1. The zero-order valence-electron chi connectivity index (χ0n) is 10.8. The maximum absolute atomic E-state index is 12.9. The van der Waals surface area contributed by atoms with E-state index in [4.69, 9.17) is 0 Å². The van der Waals surface area contributed by atoms with Crippen LogP contribution in [0.1, 0.15) is 29.5 Å². The van der Waals surface area contributed by atoms with Gasteiger partial charge in [-0.15, -0.1) is 0 Å². The average molecular weight is 240 g/mol. The number of halogens is 1. The van der Waals surface area contributed by atoms with Gasteiger partial charge >= 0.3 is 0 Å². The lowest BCUT2D eigenvalue weighted by atomic mass is 9.89. The van der Waals surface area contributed by atoms with Crippen molar-refractivity contribution in [3.63, 3.8) is 0 Å². The van der Waals surface area contributed by atoms with Crippen LogP contribution >= 0.6 is 0 Å². The largest absolute Gasteiger partial charge is 0.207 e. The SMILES string of the molecule is C=C(c1ccc(C)cc1)C(C)c1ccc(F)cc1. The Morgan fingerprint density at radius 2 is 1.56 bits per heavy atom. The zero-order valence-corrected chi connectivity index (χ0v) is 10.8. The molecule has 0 aliphatic heterocycles. The molecule has 2 rings (SSSR count). The van der Waals surface area contributed by atoms with Gasteiger partial charge in [0.25, 0.3) is 0 Å². The smallest absolute Gasteiger partial charge is 0.123 e. The third-order valence-corrected chi connectivity index (χ3v) is 3.32. The van der Waals surface area contributed by atoms with E-state index in [-0.39, 0.29) is 11.7 Å². The number of benzene rings is 2. The Morgan fingerprint density at radius 3 is 2.11 bits per heavy atom. The fourth-order valence-corrected chi connectivity index (χ4v) is 1.97. The van der Waals surface area contributed by atoms with Gasteiger partial charge in [0, 0.05) is 5.92 Å². The lowest BCUT2D eigenvalue weighted by Crippen LogP contribution is -1.97. The second-order valence-corrected chi connectivity index (χ2v) is 4.66. The molecule has 1 unspecified atom stereocenters. The summed E-state index contributed by atoms with van der Waals surface area (Å²) in [6.45, 7) is 8.32. The molecular formula is C17H17F. The quantitative estimate of drug-likeness (QED) is 0.712. The maximum atomic E-state index is 12.9. The van der Waals surface area contributed by atoms with Crippen LogP contribution in [-0.2, 0) is 0 Å². The fraction of sp³-hybridized carbons (Fsp3) is 0.176. The Balaban J connectivity index is 2.23. The highest BCUT2D eigenvalue weighted by Gasteiger charge is 2.11. The highest BCUT2D eigenvalue weighted by Crippen LogP contribution is 2.30. The Bertz CT molecular complexity index is 535. The lowest BCUT2D eigenvalue weighted by Gasteiger charge is -2.15. The van der Waals surface area contributed by atoms with Crippen molar-refractivity contribution < 1.29 is 4.39 Å². The Hall–Kier alpha value is -1.89. The first-order valence-electron chi connectivity index (χ1n) is 6.09. The molecule has 0 saturated carbocycles. The van der Waals surface area contributed by atoms with Gasteiger partial charge in [0.05, 0.1) is 0 Å². The lowest BCUT2D eigenvalue weighted by molar-refractivity contribution is 0.627. The van der Waals surface area contributed by atoms with Gasteiger partial charge in [-0.1, -0.05) is 55.5 Å². The van der Waals surface area contributed by atoms with E-state index in [1.54, 1.807) is 0 Å². The minimum absolute atomic E-state index is 0.188. The van der Waals surface area contributed by atoms with Gasteiger partial charge in [-0.05, 0) is 35.8 Å². The van der Waals surface area contributed by atoms with E-state index >= 15 is 0 Å². The summed E-state index contributed by atoms with van der Waals surface area (Å²) in [5.74, 6) is -0.0137. The van der Waals surface area contributed by atoms with Crippen molar-refractivity contribution in [1.29, 1.82) is 0 Å². The van der Waals surface area contributed by atoms with Crippen LogP contribution in [0.25, 0.3) is 5.57 Å². The molecule has 0 aliphatic rings. The molecule has 0 radical (unpaired) electrons. The summed E-state index contributed by atoms with van der Waals surface area (Å²) in [5.41, 5.74) is 4.52. The molecule has 0 aromatic heterocycles. The predicted molar refractivity (Wildman–Crippen MR) is 75.0 cm³/mol. The number of hydrogen-bond acceptors (Lipinski definition) is 0. The second kappa shape index (κ2) is 5.18. The Kier molecular flexibility index (Phi) is 3.61. The van der Waals surface area contributed by atoms with Crippen molar-refractivity contribution in [2.45, 2.75) is 19.8 Å². The molecule has 0 N–H and O–H groups in total. The van der Waals surface area contributed by atoms with E-state index in [9.17, 15) is 4.39 Å². The summed E-state index contributed by atoms with van der Waals surface area (Å²) < 4.78 is 12.9. The minimum Gasteiger partial charge on any atom is -0.207 e. The van der Waals surface area contributed by atoms with Gasteiger partial charge in [0.1, 0.15) is 5.82 Å². The van der Waals surface area contributed by atoms with Gasteiger partial charge < -0.3 is 0 Å². The van der Waals surface area contributed by atoms with E-state index in [0.29, 0.717) is 0 Å². The highest BCUT2D eigenvalue weighted by molar-refractivity contribution is 5.69. The summed E-state index contributed by atoms with van der Waals surface area (Å²) in [6, 6.07) is 15.0. The third kappa shape index (κ3) is 2.67. The molecule has 0 bridgehead atoms. The van der Waals surface area contributed by atoms with E-state index in [1.165, 1.54) is 17.7 Å². The summed E-state index contributed by atoms with van der Waals surface area (Å²) in [4.78, 5) is 0. The first-order chi connectivity index (χ1) is 8.58. The average Bonchev–Trinajstić information content (AvgIpc) is 2.39. The first-order valence-corrected chi connectivity index (χ1v) is 6.09. The van der Waals surface area contributed by atoms with Crippen LogP contribution in [0.5, 0.6) is 0 Å². The molecule has 0 amide bonds. The number of hydrogen-bond donors (Lipinski definition) is 0. The van der Waals surface area contributed by atoms with E-state index in [0.717, 1.165) is 16.7 Å². The van der Waals surface area contributed by atoms with Crippen molar-refractivity contribution in [3.8, 4) is 0 Å². The number of allylic oxidation sites excluding steroid dienone is 1. The molecule has 0 nitrogen and oxygen atoms in total. The minimum atomic E-state index is -0.202. The van der Waals surface area contributed by atoms with Gasteiger partial charge in [0.2, 0.25) is 0 Å². The van der Waals surface area contributed by atoms with Crippen LogP contribution in [0.2, 0.25) is 0 Å². The standard InChI is InChI=1S/C17H17F/c1-12-4-6-15(7-5-12)13(2)14(3)16-8-10-17(18)11-9-16/h4-11,14H,2H2,1,3H3. The monoisotopic (exact) mass is 240 g/mol. The molecule has 0 saturated heterocycles. The normalized spacial score (nSPS) is 12.2. The van der Waals surface area contributed by atoms with Crippen LogP contribution in [0.3, 0.4) is 0 Å². The van der Waals surface area contributed by atoms with Crippen LogP contribution in [-0.4, -0.2) is 0 Å². The molecule has 0 fully saturated rings. The van der Waals surface area contributed by atoms with Crippen LogP contribution < -0.4 is 0 Å². The number of aryl methyl sites for hydroxylation is 1. The van der Waals surface area contributed by atoms with Gasteiger partial charge in [-0.25, -0.2) is 4.39 Å². The van der Waals surface area contributed by atoms with E-state index in [1.807, 2.05) is 12.1 Å². The predicted octanol–water partition coefficient (Wildman–Crippen LogP) is 4.95. The van der Waals surface area contributed by atoms with Crippen molar-refractivity contribution in [3.05, 3.63) is 77.6 Å². The maximum Gasteiger partial charge on any atom is 0.123 e. The molecule has 0 aliphatic carbocycles. The van der Waals surface area contributed by atoms with Crippen LogP contribution in [0.15, 0.2) is 55.1 Å². The molecule has 0 heterocycles. The summed E-state index contributed by atoms with van der Waals surface area (Å²) in [5, 5.41) is 0. The van der Waals surface area contributed by atoms with Gasteiger partial charge in [-0.2, -0.15) is 0 Å². The second-order valence-electron chi connectivity index (χ2n) is 4.66. The van der Waals surface area contributed by atoms with Crippen LogP contribution in [0, 0.1) is 12.7 Å². The third-order valence-electron chi connectivity index (χ3n) is 3.32. The van der Waals surface area contributed by atoms with Crippen molar-refractivity contribution in [2.24, 2.45) is 0 Å². The molecule has 1 heteroatoms. The molecule has 0 spiro atoms. The molecular weight excluding hydrogens is 223 g/mol. The Labute approximate surface area is 108 Å². The topological polar surface area (TPSA) is 0 Å². The van der Waals surface area contributed by atoms with Crippen LogP contribution in [0.4, 0.5) is 4.39 Å². The van der Waals surface area contributed by atoms with Crippen molar-refractivity contribution in [2.75, 3.05) is 0 Å². The molecule has 18 heavy (non-hydrogen) atoms. The number of rotatable bonds is 3. The van der Waals surface area contributed by atoms with Crippen molar-refractivity contribution >= 4 is 5.57 Å². The molecule has 92 valence electrons. The Morgan fingerprint density at radius 1 is 1.00 bits per heavy atom. The van der Waals surface area contributed by atoms with Crippen molar-refractivity contribution in [1.82, 2.24) is 0 Å².